The van der Waals surface area contributed by atoms with E-state index in [-0.39, 0.29) is 11.5 Å². The fraction of sp³-hybridized carbons (Fsp3) is 0.714. The van der Waals surface area contributed by atoms with E-state index in [2.05, 4.69) is 71.9 Å². The summed E-state index contributed by atoms with van der Waals surface area (Å²) < 4.78 is 0. The summed E-state index contributed by atoms with van der Waals surface area (Å²) in [6.07, 6.45) is 19.1. The fourth-order valence-corrected chi connectivity index (χ4v) is 6.96. The van der Waals surface area contributed by atoms with Crippen LogP contribution in [0.2, 0.25) is 0 Å². The van der Waals surface area contributed by atoms with Gasteiger partial charge in [0, 0.05) is 5.41 Å². The average molecular weight is 395 g/mol. The highest BCUT2D eigenvalue weighted by Gasteiger charge is 2.53. The summed E-state index contributed by atoms with van der Waals surface area (Å²) in [6, 6.07) is 0. The van der Waals surface area contributed by atoms with Gasteiger partial charge in [-0.15, -0.1) is 0 Å². The van der Waals surface area contributed by atoms with Crippen molar-refractivity contribution in [3.05, 3.63) is 47.1 Å². The minimum Gasteiger partial charge on any atom is -0.393 e. The van der Waals surface area contributed by atoms with Crippen molar-refractivity contribution in [1.29, 1.82) is 0 Å². The molecular formula is C28H42O. The lowest BCUT2D eigenvalue weighted by Gasteiger charge is -2.50. The maximum Gasteiger partial charge on any atom is 0.0578 e. The summed E-state index contributed by atoms with van der Waals surface area (Å²) >= 11 is 0. The van der Waals surface area contributed by atoms with Gasteiger partial charge in [0.25, 0.3) is 0 Å². The van der Waals surface area contributed by atoms with E-state index in [0.717, 1.165) is 25.2 Å². The highest BCUT2D eigenvalue weighted by atomic mass is 16.3. The Bertz CT molecular complexity index is 765. The van der Waals surface area contributed by atoms with Gasteiger partial charge >= 0.3 is 0 Å². The van der Waals surface area contributed by atoms with E-state index in [0.29, 0.717) is 29.1 Å². The van der Waals surface area contributed by atoms with Gasteiger partial charge in [0.2, 0.25) is 0 Å². The Morgan fingerprint density at radius 1 is 1.03 bits per heavy atom. The Hall–Kier alpha value is -1.08. The van der Waals surface area contributed by atoms with Crippen LogP contribution in [0.5, 0.6) is 0 Å². The first-order valence-electron chi connectivity index (χ1n) is 12.2. The highest BCUT2D eigenvalue weighted by molar-refractivity contribution is 5.53. The molecule has 1 N–H and O–H groups in total. The monoisotopic (exact) mass is 394 g/mol. The molecule has 4 rings (SSSR count). The molecule has 4 aliphatic rings. The number of rotatable bonds is 4. The van der Waals surface area contributed by atoms with Gasteiger partial charge in [-0.2, -0.15) is 0 Å². The van der Waals surface area contributed by atoms with E-state index in [4.69, 9.17) is 0 Å². The van der Waals surface area contributed by atoms with Crippen molar-refractivity contribution in [3.63, 3.8) is 0 Å². The molecule has 29 heavy (non-hydrogen) atoms. The summed E-state index contributed by atoms with van der Waals surface area (Å²) in [6.45, 7) is 14.5. The number of aliphatic hydroxyl groups excluding tert-OH is 1. The van der Waals surface area contributed by atoms with Gasteiger partial charge in [-0.05, 0) is 84.7 Å². The van der Waals surface area contributed by atoms with Crippen LogP contribution in [0.3, 0.4) is 0 Å². The SMILES string of the molecule is CC(/C=C/[C@H](C)C(C)C)[C@H]1CC[C@H]2C3=CC=C4C[C@@H](O)CC[C@]4(C)C3=CC[C@]12C. The molecule has 2 saturated carbocycles. The minimum absolute atomic E-state index is 0.143. The van der Waals surface area contributed by atoms with Crippen molar-refractivity contribution in [3.8, 4) is 0 Å². The van der Waals surface area contributed by atoms with Gasteiger partial charge < -0.3 is 5.11 Å². The maximum absolute atomic E-state index is 10.2. The van der Waals surface area contributed by atoms with Gasteiger partial charge in [0.05, 0.1) is 6.10 Å². The molecule has 0 amide bonds. The van der Waals surface area contributed by atoms with Crippen LogP contribution in [0, 0.1) is 40.4 Å². The zero-order chi connectivity index (χ0) is 21.0. The molecule has 0 aliphatic heterocycles. The molecule has 0 aromatic rings. The lowest BCUT2D eigenvalue weighted by molar-refractivity contribution is 0.113. The molecular weight excluding hydrogens is 352 g/mol. The molecule has 1 unspecified atom stereocenters. The van der Waals surface area contributed by atoms with Crippen LogP contribution < -0.4 is 0 Å². The molecule has 0 aromatic carbocycles. The first-order chi connectivity index (χ1) is 13.7. The van der Waals surface area contributed by atoms with E-state index in [1.54, 1.807) is 11.1 Å². The van der Waals surface area contributed by atoms with Crippen molar-refractivity contribution < 1.29 is 5.11 Å². The second kappa shape index (κ2) is 7.56. The third kappa shape index (κ3) is 3.42. The van der Waals surface area contributed by atoms with Gasteiger partial charge in [0.15, 0.2) is 0 Å². The third-order valence-electron chi connectivity index (χ3n) is 9.45. The van der Waals surface area contributed by atoms with Crippen LogP contribution >= 0.6 is 0 Å². The Kier molecular flexibility index (Phi) is 5.52. The summed E-state index contributed by atoms with van der Waals surface area (Å²) in [4.78, 5) is 0. The van der Waals surface area contributed by atoms with Gasteiger partial charge in [-0.25, -0.2) is 0 Å². The molecule has 0 aromatic heterocycles. The maximum atomic E-state index is 10.2. The van der Waals surface area contributed by atoms with E-state index >= 15 is 0 Å². The average Bonchev–Trinajstić information content (AvgIpc) is 3.03. The first-order valence-corrected chi connectivity index (χ1v) is 12.2. The normalized spacial score (nSPS) is 41.2. The topological polar surface area (TPSA) is 20.2 Å². The summed E-state index contributed by atoms with van der Waals surface area (Å²) in [5.41, 5.74) is 5.26. The fourth-order valence-electron chi connectivity index (χ4n) is 6.96. The van der Waals surface area contributed by atoms with Crippen molar-refractivity contribution in [2.75, 3.05) is 0 Å². The molecule has 0 bridgehead atoms. The van der Waals surface area contributed by atoms with Gasteiger partial charge in [0.1, 0.15) is 0 Å². The Labute approximate surface area is 179 Å². The molecule has 160 valence electrons. The van der Waals surface area contributed by atoms with Crippen LogP contribution in [0.25, 0.3) is 0 Å². The Morgan fingerprint density at radius 3 is 2.52 bits per heavy atom. The smallest absolute Gasteiger partial charge is 0.0578 e. The highest BCUT2D eigenvalue weighted by Crippen LogP contribution is 2.63. The summed E-state index contributed by atoms with van der Waals surface area (Å²) in [7, 11) is 0. The molecule has 0 heterocycles. The van der Waals surface area contributed by atoms with E-state index < -0.39 is 0 Å². The van der Waals surface area contributed by atoms with Gasteiger partial charge in [-0.3, -0.25) is 0 Å². The number of allylic oxidation sites excluding steroid dienone is 7. The van der Waals surface area contributed by atoms with Crippen molar-refractivity contribution in [2.45, 2.75) is 86.2 Å². The van der Waals surface area contributed by atoms with Crippen molar-refractivity contribution >= 4 is 0 Å². The molecule has 0 radical (unpaired) electrons. The minimum atomic E-state index is -0.143. The number of fused-ring (bicyclic) bond motifs is 5. The van der Waals surface area contributed by atoms with Crippen LogP contribution in [0.4, 0.5) is 0 Å². The zero-order valence-electron chi connectivity index (χ0n) is 19.5. The zero-order valence-corrected chi connectivity index (χ0v) is 19.5. The van der Waals surface area contributed by atoms with Crippen molar-refractivity contribution in [2.24, 2.45) is 40.4 Å². The summed E-state index contributed by atoms with van der Waals surface area (Å²) in [5, 5.41) is 10.2. The molecule has 2 fully saturated rings. The molecule has 1 nitrogen and oxygen atoms in total. The molecule has 0 spiro atoms. The molecule has 4 aliphatic carbocycles. The van der Waals surface area contributed by atoms with E-state index in [1.807, 2.05) is 0 Å². The predicted molar refractivity (Wildman–Crippen MR) is 123 cm³/mol. The standard InChI is InChI=1S/C28H42O/c1-18(2)19(3)7-8-20(4)24-11-12-25-23-10-9-21-17-22(29)13-15-27(21,5)26(23)14-16-28(24,25)6/h7-10,14,18-20,22,24-25,29H,11-13,15-17H2,1-6H3/b8-7+/t19-,20?,22-,24+,25-,27-,28+/m0/s1. The lowest BCUT2D eigenvalue weighted by atomic mass is 9.54. The summed E-state index contributed by atoms with van der Waals surface area (Å²) in [5.74, 6) is 3.50. The van der Waals surface area contributed by atoms with Gasteiger partial charge in [-0.1, -0.05) is 77.5 Å². The quantitative estimate of drug-likeness (QED) is 0.498. The first kappa shape index (κ1) is 21.2. The Balaban J connectivity index is 1.60. The molecule has 1 heteroatoms. The number of hydrogen-bond donors (Lipinski definition) is 1. The molecule has 0 saturated heterocycles. The van der Waals surface area contributed by atoms with Crippen LogP contribution in [0.15, 0.2) is 47.1 Å². The second-order valence-corrected chi connectivity index (χ2v) is 11.5. The van der Waals surface area contributed by atoms with Crippen LogP contribution in [-0.4, -0.2) is 11.2 Å². The Morgan fingerprint density at radius 2 is 1.79 bits per heavy atom. The van der Waals surface area contributed by atoms with E-state index in [9.17, 15) is 5.11 Å². The van der Waals surface area contributed by atoms with Crippen LogP contribution in [0.1, 0.15) is 80.1 Å². The van der Waals surface area contributed by atoms with E-state index in [1.165, 1.54) is 24.8 Å². The largest absolute Gasteiger partial charge is 0.393 e. The van der Waals surface area contributed by atoms with Crippen molar-refractivity contribution in [1.82, 2.24) is 0 Å². The number of aliphatic hydroxyl groups is 1. The van der Waals surface area contributed by atoms with Crippen LogP contribution in [-0.2, 0) is 0 Å². The third-order valence-corrected chi connectivity index (χ3v) is 9.45. The second-order valence-electron chi connectivity index (χ2n) is 11.5. The number of hydrogen-bond acceptors (Lipinski definition) is 1. The molecule has 7 atom stereocenters. The lowest BCUT2D eigenvalue weighted by Crippen LogP contribution is -2.41. The predicted octanol–water partition coefficient (Wildman–Crippen LogP) is 7.25.